The summed E-state index contributed by atoms with van der Waals surface area (Å²) in [5.74, 6) is 0.902. The van der Waals surface area contributed by atoms with Crippen molar-refractivity contribution in [3.05, 3.63) is 6.20 Å². The summed E-state index contributed by atoms with van der Waals surface area (Å²) in [6, 6.07) is 0. The van der Waals surface area contributed by atoms with Crippen LogP contribution in [0.5, 0.6) is 0 Å². The topological polar surface area (TPSA) is 44.8 Å². The molecule has 1 aromatic rings. The Labute approximate surface area is 73.0 Å². The zero-order chi connectivity index (χ0) is 8.81. The van der Waals surface area contributed by atoms with Gasteiger partial charge in [0.2, 0.25) is 0 Å². The van der Waals surface area contributed by atoms with Crippen molar-refractivity contribution in [2.75, 3.05) is 18.0 Å². The Morgan fingerprint density at radius 2 is 2.00 bits per heavy atom. The van der Waals surface area contributed by atoms with Crippen molar-refractivity contribution in [2.45, 2.75) is 26.7 Å². The lowest BCUT2D eigenvalue weighted by Gasteiger charge is -2.19. The number of rotatable bonds is 5. The lowest BCUT2D eigenvalue weighted by Crippen LogP contribution is -2.25. The second-order valence-electron chi connectivity index (χ2n) is 2.76. The molecule has 12 heavy (non-hydrogen) atoms. The SMILES string of the molecule is CCCN(CCC)c1[c]nn[nH]1. The van der Waals surface area contributed by atoms with Crippen LogP contribution >= 0.6 is 0 Å². The number of hydrogen-bond donors (Lipinski definition) is 1. The minimum Gasteiger partial charge on any atom is -0.355 e. The van der Waals surface area contributed by atoms with E-state index < -0.39 is 0 Å². The number of nitrogens with zero attached hydrogens (tertiary/aromatic N) is 3. The molecule has 1 radical (unpaired) electrons. The third kappa shape index (κ3) is 2.22. The van der Waals surface area contributed by atoms with E-state index in [1.807, 2.05) is 0 Å². The molecule has 4 heteroatoms. The van der Waals surface area contributed by atoms with E-state index in [2.05, 4.69) is 40.4 Å². The predicted molar refractivity (Wildman–Crippen MR) is 48.0 cm³/mol. The standard InChI is InChI=1S/C8H15N4/c1-3-5-12(6-4-2)8-7-9-11-10-8/h3-6H2,1-2H3,(H,9,10,11). The molecule has 0 amide bonds. The maximum Gasteiger partial charge on any atom is 0.161 e. The van der Waals surface area contributed by atoms with Crippen LogP contribution in [0.2, 0.25) is 0 Å². The molecule has 1 heterocycles. The molecule has 67 valence electrons. The van der Waals surface area contributed by atoms with E-state index in [9.17, 15) is 0 Å². The minimum atomic E-state index is 0.902. The first-order chi connectivity index (χ1) is 5.88. The van der Waals surface area contributed by atoms with Gasteiger partial charge in [-0.05, 0) is 12.8 Å². The number of nitrogens with one attached hydrogen (secondary N) is 1. The maximum absolute atomic E-state index is 3.64. The van der Waals surface area contributed by atoms with Gasteiger partial charge >= 0.3 is 0 Å². The Kier molecular flexibility index (Phi) is 3.57. The monoisotopic (exact) mass is 167 g/mol. The molecule has 0 aliphatic carbocycles. The summed E-state index contributed by atoms with van der Waals surface area (Å²) in [5.41, 5.74) is 0. The molecular formula is C8H15N4. The zero-order valence-electron chi connectivity index (χ0n) is 7.67. The van der Waals surface area contributed by atoms with Gasteiger partial charge in [0.05, 0.1) is 0 Å². The molecule has 1 N–H and O–H groups in total. The highest BCUT2D eigenvalue weighted by Gasteiger charge is 2.05. The second-order valence-corrected chi connectivity index (χ2v) is 2.76. The molecule has 0 atom stereocenters. The first-order valence-corrected chi connectivity index (χ1v) is 4.42. The smallest absolute Gasteiger partial charge is 0.161 e. The van der Waals surface area contributed by atoms with Crippen molar-refractivity contribution >= 4 is 5.82 Å². The second kappa shape index (κ2) is 4.74. The van der Waals surface area contributed by atoms with E-state index in [4.69, 9.17) is 0 Å². The molecule has 0 saturated heterocycles. The molecule has 1 aromatic heterocycles. The fraction of sp³-hybridized carbons (Fsp3) is 0.750. The molecule has 0 spiro atoms. The van der Waals surface area contributed by atoms with Crippen molar-refractivity contribution < 1.29 is 0 Å². The van der Waals surface area contributed by atoms with Gasteiger partial charge in [-0.2, -0.15) is 0 Å². The van der Waals surface area contributed by atoms with E-state index in [1.165, 1.54) is 0 Å². The van der Waals surface area contributed by atoms with Crippen molar-refractivity contribution in [1.29, 1.82) is 0 Å². The Morgan fingerprint density at radius 1 is 1.33 bits per heavy atom. The number of H-pyrrole nitrogens is 1. The minimum absolute atomic E-state index is 0.902. The lowest BCUT2D eigenvalue weighted by molar-refractivity contribution is 0.731. The molecule has 0 unspecified atom stereocenters. The third-order valence-corrected chi connectivity index (χ3v) is 1.67. The predicted octanol–water partition coefficient (Wildman–Crippen LogP) is 1.23. The number of aromatic amines is 1. The van der Waals surface area contributed by atoms with Crippen LogP contribution in [0.15, 0.2) is 0 Å². The number of hydrogen-bond acceptors (Lipinski definition) is 3. The van der Waals surface area contributed by atoms with Gasteiger partial charge in [-0.25, -0.2) is 5.10 Å². The van der Waals surface area contributed by atoms with Gasteiger partial charge in [0, 0.05) is 13.1 Å². The van der Waals surface area contributed by atoms with Gasteiger partial charge < -0.3 is 4.90 Å². The highest BCUT2D eigenvalue weighted by Crippen LogP contribution is 2.06. The van der Waals surface area contributed by atoms with Crippen LogP contribution in [0.25, 0.3) is 0 Å². The molecule has 0 aromatic carbocycles. The quantitative estimate of drug-likeness (QED) is 0.717. The average Bonchev–Trinajstić information content (AvgIpc) is 2.56. The number of aromatic nitrogens is 3. The molecule has 1 rings (SSSR count). The summed E-state index contributed by atoms with van der Waals surface area (Å²) in [6.45, 7) is 6.39. The normalized spacial score (nSPS) is 10.2. The van der Waals surface area contributed by atoms with E-state index in [0.29, 0.717) is 0 Å². The largest absolute Gasteiger partial charge is 0.355 e. The van der Waals surface area contributed by atoms with Crippen molar-refractivity contribution in [1.82, 2.24) is 15.4 Å². The highest BCUT2D eigenvalue weighted by molar-refractivity contribution is 5.32. The summed E-state index contributed by atoms with van der Waals surface area (Å²) in [7, 11) is 0. The fourth-order valence-electron chi connectivity index (χ4n) is 1.19. The average molecular weight is 167 g/mol. The van der Waals surface area contributed by atoms with Crippen LogP contribution < -0.4 is 4.90 Å². The van der Waals surface area contributed by atoms with Gasteiger partial charge in [-0.15, -0.1) is 5.10 Å². The first-order valence-electron chi connectivity index (χ1n) is 4.42. The summed E-state index contributed by atoms with van der Waals surface area (Å²) in [4.78, 5) is 2.21. The summed E-state index contributed by atoms with van der Waals surface area (Å²) >= 11 is 0. The van der Waals surface area contributed by atoms with E-state index in [1.54, 1.807) is 0 Å². The Morgan fingerprint density at radius 3 is 2.42 bits per heavy atom. The molecular weight excluding hydrogens is 152 g/mol. The van der Waals surface area contributed by atoms with E-state index in [0.717, 1.165) is 31.7 Å². The van der Waals surface area contributed by atoms with Crippen LogP contribution in [0, 0.1) is 6.20 Å². The lowest BCUT2D eigenvalue weighted by atomic mass is 10.3. The van der Waals surface area contributed by atoms with Gasteiger partial charge in [0.1, 0.15) is 0 Å². The highest BCUT2D eigenvalue weighted by atomic mass is 15.4. The van der Waals surface area contributed by atoms with Crippen molar-refractivity contribution in [3.63, 3.8) is 0 Å². The summed E-state index contributed by atoms with van der Waals surface area (Å²) in [5, 5.41) is 10.1. The van der Waals surface area contributed by atoms with Gasteiger partial charge in [-0.1, -0.05) is 19.1 Å². The van der Waals surface area contributed by atoms with Crippen molar-refractivity contribution in [2.24, 2.45) is 0 Å². The molecule has 0 fully saturated rings. The summed E-state index contributed by atoms with van der Waals surface area (Å²) < 4.78 is 0. The zero-order valence-corrected chi connectivity index (χ0v) is 7.67. The fourth-order valence-corrected chi connectivity index (χ4v) is 1.19. The molecule has 0 aliphatic heterocycles. The molecule has 0 aliphatic rings. The molecule has 0 bridgehead atoms. The van der Waals surface area contributed by atoms with Crippen LogP contribution in [0.3, 0.4) is 0 Å². The third-order valence-electron chi connectivity index (χ3n) is 1.67. The van der Waals surface area contributed by atoms with E-state index >= 15 is 0 Å². The number of anilines is 1. The molecule has 0 saturated carbocycles. The maximum atomic E-state index is 3.64. The van der Waals surface area contributed by atoms with Crippen LogP contribution in [0.4, 0.5) is 5.82 Å². The van der Waals surface area contributed by atoms with Crippen LogP contribution in [0.1, 0.15) is 26.7 Å². The molecule has 4 nitrogen and oxygen atoms in total. The van der Waals surface area contributed by atoms with Gasteiger partial charge in [0.15, 0.2) is 12.0 Å². The Bertz CT molecular complexity index is 189. The Balaban J connectivity index is 2.53. The van der Waals surface area contributed by atoms with Crippen LogP contribution in [-0.2, 0) is 0 Å². The van der Waals surface area contributed by atoms with Gasteiger partial charge in [-0.3, -0.25) is 0 Å². The van der Waals surface area contributed by atoms with Crippen LogP contribution in [-0.4, -0.2) is 28.5 Å². The summed E-state index contributed by atoms with van der Waals surface area (Å²) in [6.07, 6.45) is 5.08. The Hall–Kier alpha value is -1.06. The van der Waals surface area contributed by atoms with Gasteiger partial charge in [0.25, 0.3) is 0 Å². The van der Waals surface area contributed by atoms with E-state index in [-0.39, 0.29) is 0 Å². The first kappa shape index (κ1) is 9.03. The van der Waals surface area contributed by atoms with Crippen molar-refractivity contribution in [3.8, 4) is 0 Å².